The summed E-state index contributed by atoms with van der Waals surface area (Å²) in [5.74, 6) is -0.255. The van der Waals surface area contributed by atoms with Crippen molar-refractivity contribution in [3.63, 3.8) is 0 Å². The summed E-state index contributed by atoms with van der Waals surface area (Å²) in [6, 6.07) is 9.50. The van der Waals surface area contributed by atoms with Gasteiger partial charge < -0.3 is 14.4 Å². The Morgan fingerprint density at radius 2 is 2.17 bits per heavy atom. The van der Waals surface area contributed by atoms with E-state index in [4.69, 9.17) is 21.1 Å². The highest BCUT2D eigenvalue weighted by Crippen LogP contribution is 2.48. The second-order valence-electron chi connectivity index (χ2n) is 6.03. The summed E-state index contributed by atoms with van der Waals surface area (Å²) in [4.78, 5) is 27.2. The molecule has 1 aromatic carbocycles. The van der Waals surface area contributed by atoms with Gasteiger partial charge in [0.2, 0.25) is 5.91 Å². The zero-order chi connectivity index (χ0) is 16.4. The summed E-state index contributed by atoms with van der Waals surface area (Å²) in [6.07, 6.45) is 1.01. The van der Waals surface area contributed by atoms with Crippen molar-refractivity contribution in [2.45, 2.75) is 31.5 Å². The SMILES string of the molecule is COC(=O)[C@]1(CCCCl)C[C@@H]2CO[C@H](c3ccccc3)N2C1=O. The standard InChI is InChI=1S/C17H20ClNO4/c1-22-16(21)17(8-5-9-18)10-13-11-23-14(19(13)15(17)20)12-6-3-2-4-7-12/h2-4,6-7,13-14H,5,8-11H2,1H3/t13-,14-,17-/m1/s1. The number of fused-ring (bicyclic) bond motifs is 1. The van der Waals surface area contributed by atoms with Crippen LogP contribution >= 0.6 is 11.6 Å². The van der Waals surface area contributed by atoms with E-state index in [9.17, 15) is 9.59 Å². The minimum absolute atomic E-state index is 0.0952. The molecular weight excluding hydrogens is 318 g/mol. The highest BCUT2D eigenvalue weighted by atomic mass is 35.5. The molecule has 0 radical (unpaired) electrons. The van der Waals surface area contributed by atoms with Crippen LogP contribution in [0.5, 0.6) is 0 Å². The maximum Gasteiger partial charge on any atom is 0.321 e. The van der Waals surface area contributed by atoms with E-state index in [0.29, 0.717) is 31.7 Å². The van der Waals surface area contributed by atoms with Gasteiger partial charge >= 0.3 is 5.97 Å². The van der Waals surface area contributed by atoms with E-state index in [1.807, 2.05) is 30.3 Å². The monoisotopic (exact) mass is 337 g/mol. The van der Waals surface area contributed by atoms with Crippen LogP contribution in [0.25, 0.3) is 0 Å². The summed E-state index contributed by atoms with van der Waals surface area (Å²) in [5, 5.41) is 0. The first-order valence-corrected chi connectivity index (χ1v) is 8.31. The van der Waals surface area contributed by atoms with Crippen molar-refractivity contribution in [2.24, 2.45) is 5.41 Å². The van der Waals surface area contributed by atoms with Crippen molar-refractivity contribution in [3.8, 4) is 0 Å². The quantitative estimate of drug-likeness (QED) is 0.470. The molecule has 0 spiro atoms. The number of esters is 1. The Kier molecular flexibility index (Phi) is 4.60. The van der Waals surface area contributed by atoms with Crippen molar-refractivity contribution in [2.75, 3.05) is 19.6 Å². The lowest BCUT2D eigenvalue weighted by Gasteiger charge is -2.27. The molecule has 0 unspecified atom stereocenters. The largest absolute Gasteiger partial charge is 0.468 e. The Bertz CT molecular complexity index is 594. The molecule has 2 aliphatic heterocycles. The number of methoxy groups -OCH3 is 1. The fourth-order valence-electron chi connectivity index (χ4n) is 3.64. The Labute approximate surface area is 140 Å². The van der Waals surface area contributed by atoms with Gasteiger partial charge in [-0.25, -0.2) is 0 Å². The summed E-state index contributed by atoms with van der Waals surface area (Å²) in [6.45, 7) is 0.435. The first-order chi connectivity index (χ1) is 11.1. The number of hydrogen-bond acceptors (Lipinski definition) is 4. The van der Waals surface area contributed by atoms with Crippen molar-refractivity contribution < 1.29 is 19.1 Å². The minimum Gasteiger partial charge on any atom is -0.468 e. The van der Waals surface area contributed by atoms with E-state index < -0.39 is 17.6 Å². The summed E-state index contributed by atoms with van der Waals surface area (Å²) < 4.78 is 10.8. The highest BCUT2D eigenvalue weighted by molar-refractivity contribution is 6.17. The Hall–Kier alpha value is -1.59. The Morgan fingerprint density at radius 3 is 2.83 bits per heavy atom. The van der Waals surface area contributed by atoms with Crippen molar-refractivity contribution in [1.29, 1.82) is 0 Å². The second-order valence-corrected chi connectivity index (χ2v) is 6.41. The predicted molar refractivity (Wildman–Crippen MR) is 84.8 cm³/mol. The molecule has 3 atom stereocenters. The van der Waals surface area contributed by atoms with Gasteiger partial charge in [-0.1, -0.05) is 30.3 Å². The number of rotatable bonds is 5. The lowest BCUT2D eigenvalue weighted by molar-refractivity contribution is -0.162. The molecule has 2 heterocycles. The molecule has 2 aliphatic rings. The van der Waals surface area contributed by atoms with Crippen LogP contribution < -0.4 is 0 Å². The van der Waals surface area contributed by atoms with Crippen LogP contribution in [0, 0.1) is 5.41 Å². The molecule has 1 amide bonds. The van der Waals surface area contributed by atoms with Gasteiger partial charge in [0.25, 0.3) is 0 Å². The molecule has 124 valence electrons. The van der Waals surface area contributed by atoms with E-state index in [0.717, 1.165) is 5.56 Å². The molecule has 0 N–H and O–H groups in total. The smallest absolute Gasteiger partial charge is 0.321 e. The van der Waals surface area contributed by atoms with Gasteiger partial charge in [-0.3, -0.25) is 9.59 Å². The van der Waals surface area contributed by atoms with Gasteiger partial charge in [0.1, 0.15) is 5.41 Å². The molecule has 2 fully saturated rings. The van der Waals surface area contributed by atoms with Gasteiger partial charge in [-0.15, -0.1) is 11.6 Å². The predicted octanol–water partition coefficient (Wildman–Crippen LogP) is 2.49. The third-order valence-electron chi connectivity index (χ3n) is 4.72. The average molecular weight is 338 g/mol. The number of ether oxygens (including phenoxy) is 2. The first-order valence-electron chi connectivity index (χ1n) is 7.78. The molecule has 6 heteroatoms. The minimum atomic E-state index is -1.12. The van der Waals surface area contributed by atoms with E-state index in [1.54, 1.807) is 4.90 Å². The third kappa shape index (κ3) is 2.62. The number of alkyl halides is 1. The number of carbonyl (C=O) groups excluding carboxylic acids is 2. The molecule has 0 aliphatic carbocycles. The van der Waals surface area contributed by atoms with Crippen molar-refractivity contribution in [1.82, 2.24) is 4.90 Å². The van der Waals surface area contributed by atoms with E-state index >= 15 is 0 Å². The second kappa shape index (κ2) is 6.49. The zero-order valence-electron chi connectivity index (χ0n) is 13.0. The van der Waals surface area contributed by atoms with Gasteiger partial charge in [-0.2, -0.15) is 0 Å². The van der Waals surface area contributed by atoms with Crippen molar-refractivity contribution in [3.05, 3.63) is 35.9 Å². The number of halogens is 1. The topological polar surface area (TPSA) is 55.8 Å². The number of carbonyl (C=O) groups is 2. The van der Waals surface area contributed by atoms with Crippen LogP contribution in [0.3, 0.4) is 0 Å². The van der Waals surface area contributed by atoms with Crippen LogP contribution in [0.2, 0.25) is 0 Å². The first kappa shape index (κ1) is 16.3. The van der Waals surface area contributed by atoms with Crippen LogP contribution in [0.1, 0.15) is 31.1 Å². The molecule has 0 bridgehead atoms. The molecule has 23 heavy (non-hydrogen) atoms. The molecule has 1 aromatic rings. The Morgan fingerprint density at radius 1 is 1.43 bits per heavy atom. The molecule has 2 saturated heterocycles. The normalized spacial score (nSPS) is 29.7. The molecule has 3 rings (SSSR count). The highest BCUT2D eigenvalue weighted by Gasteiger charge is 2.60. The lowest BCUT2D eigenvalue weighted by atomic mass is 9.80. The summed E-state index contributed by atoms with van der Waals surface area (Å²) in [7, 11) is 1.33. The maximum absolute atomic E-state index is 13.1. The van der Waals surface area contributed by atoms with Gasteiger partial charge in [0.05, 0.1) is 19.8 Å². The number of nitrogens with zero attached hydrogens (tertiary/aromatic N) is 1. The zero-order valence-corrected chi connectivity index (χ0v) is 13.8. The van der Waals surface area contributed by atoms with Crippen LogP contribution in [0.15, 0.2) is 30.3 Å². The number of benzene rings is 1. The van der Waals surface area contributed by atoms with Crippen LogP contribution in [-0.2, 0) is 19.1 Å². The van der Waals surface area contributed by atoms with Crippen molar-refractivity contribution >= 4 is 23.5 Å². The number of amides is 1. The molecule has 5 nitrogen and oxygen atoms in total. The average Bonchev–Trinajstić information content (AvgIpc) is 3.12. The van der Waals surface area contributed by atoms with E-state index in [-0.39, 0.29) is 11.9 Å². The fourth-order valence-corrected chi connectivity index (χ4v) is 3.77. The third-order valence-corrected chi connectivity index (χ3v) is 4.99. The molecule has 0 saturated carbocycles. The fraction of sp³-hybridized carbons (Fsp3) is 0.529. The molecule has 0 aromatic heterocycles. The summed E-state index contributed by atoms with van der Waals surface area (Å²) >= 11 is 5.78. The van der Waals surface area contributed by atoms with Gasteiger partial charge in [0, 0.05) is 11.4 Å². The van der Waals surface area contributed by atoms with E-state index in [1.165, 1.54) is 7.11 Å². The Balaban J connectivity index is 1.91. The van der Waals surface area contributed by atoms with Gasteiger partial charge in [0.15, 0.2) is 6.23 Å². The lowest BCUT2D eigenvalue weighted by Crippen LogP contribution is -2.42. The van der Waals surface area contributed by atoms with Crippen LogP contribution in [-0.4, -0.2) is 42.4 Å². The maximum atomic E-state index is 13.1. The van der Waals surface area contributed by atoms with Crippen LogP contribution in [0.4, 0.5) is 0 Å². The molecular formula is C17H20ClNO4. The van der Waals surface area contributed by atoms with Gasteiger partial charge in [-0.05, 0) is 19.3 Å². The summed E-state index contributed by atoms with van der Waals surface area (Å²) in [5.41, 5.74) is -0.202. The van der Waals surface area contributed by atoms with E-state index in [2.05, 4.69) is 0 Å². The number of hydrogen-bond donors (Lipinski definition) is 0.